The maximum atomic E-state index is 13.0. The number of hydrogen-bond acceptors (Lipinski definition) is 4. The maximum Gasteiger partial charge on any atom is 0.224 e. The molecule has 0 saturated heterocycles. The van der Waals surface area contributed by atoms with E-state index in [-0.39, 0.29) is 35.2 Å². The Balaban J connectivity index is 1.98. The molecule has 0 saturated carbocycles. The molecule has 0 radical (unpaired) electrons. The molecule has 0 spiro atoms. The van der Waals surface area contributed by atoms with E-state index in [0.29, 0.717) is 31.3 Å². The number of carbonyl (C=O) groups excluding carboxylic acids is 3. The second-order valence-electron chi connectivity index (χ2n) is 7.47. The quantitative estimate of drug-likeness (QED) is 0.620. The molecular weight excluding hydrogens is 310 g/mol. The van der Waals surface area contributed by atoms with Crippen LogP contribution in [-0.2, 0) is 18.8 Å². The van der Waals surface area contributed by atoms with Crippen molar-refractivity contribution in [2.24, 2.45) is 11.8 Å². The molecule has 23 heavy (non-hydrogen) atoms. The highest BCUT2D eigenvalue weighted by Crippen LogP contribution is 2.39. The lowest BCUT2D eigenvalue weighted by Crippen LogP contribution is -2.50. The molecule has 3 atom stereocenters. The van der Waals surface area contributed by atoms with E-state index in [1.165, 1.54) is 0 Å². The van der Waals surface area contributed by atoms with Gasteiger partial charge in [-0.25, -0.2) is 0 Å². The fourth-order valence-electron chi connectivity index (χ4n) is 3.65. The number of amides is 1. The first-order chi connectivity index (χ1) is 10.8. The summed E-state index contributed by atoms with van der Waals surface area (Å²) in [5.74, 6) is -1.14. The van der Waals surface area contributed by atoms with Crippen LogP contribution in [0, 0.1) is 11.8 Å². The van der Waals surface area contributed by atoms with Crippen molar-refractivity contribution in [3.8, 4) is 0 Å². The van der Waals surface area contributed by atoms with Crippen LogP contribution in [0.25, 0.3) is 0 Å². The summed E-state index contributed by atoms with van der Waals surface area (Å²) < 4.78 is 6.15. The Bertz CT molecular complexity index is 629. The number of allylic oxidation sites excluding steroid dienone is 3. The van der Waals surface area contributed by atoms with Crippen molar-refractivity contribution in [3.05, 3.63) is 23.4 Å². The molecule has 3 aliphatic rings. The number of hydrogen-bond donors (Lipinski definition) is 1. The highest BCUT2D eigenvalue weighted by atomic mass is 28.4. The van der Waals surface area contributed by atoms with Crippen molar-refractivity contribution in [3.63, 3.8) is 0 Å². The van der Waals surface area contributed by atoms with Crippen molar-refractivity contribution in [1.29, 1.82) is 0 Å². The van der Waals surface area contributed by atoms with Gasteiger partial charge in [-0.3, -0.25) is 14.4 Å². The summed E-state index contributed by atoms with van der Waals surface area (Å²) in [4.78, 5) is 37.7. The monoisotopic (exact) mass is 333 g/mol. The number of fused-ring (bicyclic) bond motifs is 1. The van der Waals surface area contributed by atoms with Crippen molar-refractivity contribution in [2.75, 3.05) is 0 Å². The van der Waals surface area contributed by atoms with Gasteiger partial charge in [-0.05, 0) is 38.9 Å². The first kappa shape index (κ1) is 16.3. The second-order valence-corrected chi connectivity index (χ2v) is 11.9. The van der Waals surface area contributed by atoms with Gasteiger partial charge >= 0.3 is 0 Å². The molecule has 0 fully saturated rings. The third-order valence-corrected chi connectivity index (χ3v) is 5.55. The van der Waals surface area contributed by atoms with Crippen molar-refractivity contribution in [2.45, 2.75) is 51.4 Å². The Morgan fingerprint density at radius 2 is 1.87 bits per heavy atom. The Morgan fingerprint density at radius 3 is 2.57 bits per heavy atom. The standard InChI is InChI=1S/C17H23NO4Si/c1-23(2,3)22-12-8-4-6-10-14(12)17(21)15-11(16(10)20)7-5-9-13(19)18-15/h4,8,10,12,14H,5-7,9H2,1-3H3,(H,18,19). The van der Waals surface area contributed by atoms with E-state index in [2.05, 4.69) is 25.0 Å². The molecule has 1 N–H and O–H groups in total. The summed E-state index contributed by atoms with van der Waals surface area (Å²) in [6, 6.07) is 0. The van der Waals surface area contributed by atoms with Gasteiger partial charge in [0.25, 0.3) is 0 Å². The van der Waals surface area contributed by atoms with Crippen molar-refractivity contribution < 1.29 is 18.8 Å². The van der Waals surface area contributed by atoms with Gasteiger partial charge in [0.05, 0.1) is 17.7 Å². The van der Waals surface area contributed by atoms with Crippen LogP contribution in [-0.4, -0.2) is 31.9 Å². The van der Waals surface area contributed by atoms with Gasteiger partial charge in [0.15, 0.2) is 19.9 Å². The van der Waals surface area contributed by atoms with Crippen LogP contribution in [0.3, 0.4) is 0 Å². The van der Waals surface area contributed by atoms with E-state index in [9.17, 15) is 14.4 Å². The van der Waals surface area contributed by atoms with Gasteiger partial charge in [0.2, 0.25) is 5.91 Å². The summed E-state index contributed by atoms with van der Waals surface area (Å²) in [5.41, 5.74) is 0.752. The van der Waals surface area contributed by atoms with E-state index in [1.807, 2.05) is 12.2 Å². The lowest BCUT2D eigenvalue weighted by atomic mass is 9.69. The minimum Gasteiger partial charge on any atom is -0.411 e. The average Bonchev–Trinajstić information content (AvgIpc) is 2.65. The van der Waals surface area contributed by atoms with E-state index < -0.39 is 14.2 Å². The van der Waals surface area contributed by atoms with Gasteiger partial charge in [0, 0.05) is 17.9 Å². The Labute approximate surface area is 137 Å². The molecule has 1 amide bonds. The zero-order valence-corrected chi connectivity index (χ0v) is 14.8. The summed E-state index contributed by atoms with van der Waals surface area (Å²) >= 11 is 0. The Morgan fingerprint density at radius 1 is 1.13 bits per heavy atom. The number of rotatable bonds is 2. The smallest absolute Gasteiger partial charge is 0.224 e. The minimum absolute atomic E-state index is 0.0142. The fraction of sp³-hybridized carbons (Fsp3) is 0.588. The summed E-state index contributed by atoms with van der Waals surface area (Å²) in [6.07, 6.45) is 5.55. The highest BCUT2D eigenvalue weighted by Gasteiger charge is 2.48. The van der Waals surface area contributed by atoms with E-state index >= 15 is 0 Å². The second kappa shape index (κ2) is 5.83. The number of Topliss-reactive ketones (excluding diaryl/α,β-unsaturated/α-hetero) is 2. The Hall–Kier alpha value is -1.53. The van der Waals surface area contributed by atoms with Gasteiger partial charge in [-0.2, -0.15) is 0 Å². The van der Waals surface area contributed by atoms with Gasteiger partial charge in [-0.15, -0.1) is 0 Å². The largest absolute Gasteiger partial charge is 0.411 e. The fourth-order valence-corrected chi connectivity index (χ4v) is 4.69. The molecule has 0 aromatic rings. The molecule has 5 nitrogen and oxygen atoms in total. The van der Waals surface area contributed by atoms with E-state index in [1.54, 1.807) is 0 Å². The summed E-state index contributed by atoms with van der Waals surface area (Å²) in [7, 11) is -1.86. The molecule has 0 aromatic heterocycles. The molecule has 1 heterocycles. The Kier molecular flexibility index (Phi) is 4.14. The third-order valence-electron chi connectivity index (χ3n) is 4.57. The summed E-state index contributed by atoms with van der Waals surface area (Å²) in [6.45, 7) is 6.20. The SMILES string of the molecule is C[Si](C)(C)OC1C=CCC2C(=O)C3=C(NC(=O)CCC3)C(=O)C12. The van der Waals surface area contributed by atoms with Crippen LogP contribution < -0.4 is 5.32 Å². The molecule has 0 aromatic carbocycles. The van der Waals surface area contributed by atoms with E-state index in [0.717, 1.165) is 0 Å². The van der Waals surface area contributed by atoms with Crippen molar-refractivity contribution >= 4 is 25.8 Å². The van der Waals surface area contributed by atoms with Crippen LogP contribution in [0.5, 0.6) is 0 Å². The van der Waals surface area contributed by atoms with E-state index in [4.69, 9.17) is 4.43 Å². The predicted molar refractivity (Wildman–Crippen MR) is 88.0 cm³/mol. The number of carbonyl (C=O) groups is 3. The molecule has 2 aliphatic carbocycles. The number of nitrogens with one attached hydrogen (secondary N) is 1. The first-order valence-corrected chi connectivity index (χ1v) is 11.6. The number of ketones is 2. The predicted octanol–water partition coefficient (Wildman–Crippen LogP) is 2.10. The summed E-state index contributed by atoms with van der Waals surface area (Å²) in [5, 5.41) is 2.68. The average molecular weight is 333 g/mol. The van der Waals surface area contributed by atoms with Crippen LogP contribution >= 0.6 is 0 Å². The lowest BCUT2D eigenvalue weighted by molar-refractivity contribution is -0.134. The minimum atomic E-state index is -1.86. The van der Waals surface area contributed by atoms with Gasteiger partial charge < -0.3 is 9.74 Å². The lowest BCUT2D eigenvalue weighted by Gasteiger charge is -2.39. The molecule has 0 bridgehead atoms. The van der Waals surface area contributed by atoms with Gasteiger partial charge in [-0.1, -0.05) is 12.2 Å². The van der Waals surface area contributed by atoms with Crippen LogP contribution in [0.1, 0.15) is 25.7 Å². The first-order valence-electron chi connectivity index (χ1n) is 8.24. The van der Waals surface area contributed by atoms with Crippen molar-refractivity contribution in [1.82, 2.24) is 5.32 Å². The molecule has 124 valence electrons. The highest BCUT2D eigenvalue weighted by molar-refractivity contribution is 6.69. The molecule has 3 rings (SSSR count). The molecule has 3 unspecified atom stereocenters. The third kappa shape index (κ3) is 3.10. The maximum absolute atomic E-state index is 13.0. The topological polar surface area (TPSA) is 72.5 Å². The zero-order chi connectivity index (χ0) is 16.8. The molecule has 1 aliphatic heterocycles. The normalized spacial score (nSPS) is 31.4. The molecule has 6 heteroatoms. The van der Waals surface area contributed by atoms with Crippen LogP contribution in [0.2, 0.25) is 19.6 Å². The van der Waals surface area contributed by atoms with Gasteiger partial charge in [0.1, 0.15) is 0 Å². The molecular formula is C17H23NO4Si. The van der Waals surface area contributed by atoms with Crippen LogP contribution in [0.4, 0.5) is 0 Å². The zero-order valence-electron chi connectivity index (χ0n) is 13.8. The van der Waals surface area contributed by atoms with Crippen LogP contribution in [0.15, 0.2) is 23.4 Å².